The molecule has 0 aliphatic carbocycles. The lowest BCUT2D eigenvalue weighted by Gasteiger charge is -2.21. The molecule has 1 atom stereocenters. The van der Waals surface area contributed by atoms with Crippen LogP contribution in [0.4, 0.5) is 5.69 Å². The van der Waals surface area contributed by atoms with Gasteiger partial charge in [0.05, 0.1) is 6.04 Å². The monoisotopic (exact) mass is 220 g/mol. The highest BCUT2D eigenvalue weighted by atomic mass is 16.2. The number of hydrogen-bond donors (Lipinski definition) is 1. The van der Waals surface area contributed by atoms with E-state index in [0.717, 1.165) is 18.5 Å². The molecular formula is C13H20N2O. The molecule has 0 aliphatic heterocycles. The number of amides is 1. The Kier molecular flexibility index (Phi) is 4.50. The minimum Gasteiger partial charge on any atom is -0.320 e. The lowest BCUT2D eigenvalue weighted by Crippen LogP contribution is -2.41. The number of benzene rings is 1. The van der Waals surface area contributed by atoms with Gasteiger partial charge in [0.2, 0.25) is 5.91 Å². The molecular weight excluding hydrogens is 200 g/mol. The van der Waals surface area contributed by atoms with Gasteiger partial charge in [0.15, 0.2) is 0 Å². The average Bonchev–Trinajstić information content (AvgIpc) is 2.28. The van der Waals surface area contributed by atoms with Crippen LogP contribution in [0.5, 0.6) is 0 Å². The van der Waals surface area contributed by atoms with E-state index in [9.17, 15) is 4.79 Å². The highest BCUT2D eigenvalue weighted by Gasteiger charge is 2.17. The number of anilines is 1. The second-order valence-corrected chi connectivity index (χ2v) is 4.13. The number of carbonyl (C=O) groups excluding carboxylic acids is 1. The third-order valence-corrected chi connectivity index (χ3v) is 2.67. The van der Waals surface area contributed by atoms with Crippen LogP contribution in [0.2, 0.25) is 0 Å². The molecule has 0 radical (unpaired) electrons. The molecule has 0 saturated heterocycles. The first-order chi connectivity index (χ1) is 7.56. The van der Waals surface area contributed by atoms with Crippen LogP contribution in [0.3, 0.4) is 0 Å². The molecule has 1 unspecified atom stereocenters. The summed E-state index contributed by atoms with van der Waals surface area (Å²) in [5.74, 6) is -0.0225. The van der Waals surface area contributed by atoms with E-state index < -0.39 is 6.04 Å². The molecule has 1 aromatic carbocycles. The predicted octanol–water partition coefficient (Wildman–Crippen LogP) is 2.09. The molecule has 3 nitrogen and oxygen atoms in total. The van der Waals surface area contributed by atoms with Crippen LogP contribution in [-0.4, -0.2) is 19.0 Å². The van der Waals surface area contributed by atoms with Crippen molar-refractivity contribution in [3.63, 3.8) is 0 Å². The van der Waals surface area contributed by atoms with E-state index in [1.807, 2.05) is 38.1 Å². The van der Waals surface area contributed by atoms with Crippen LogP contribution < -0.4 is 10.6 Å². The summed E-state index contributed by atoms with van der Waals surface area (Å²) >= 11 is 0. The number of nitrogens with zero attached hydrogens (tertiary/aromatic N) is 1. The fraction of sp³-hybridized carbons (Fsp3) is 0.462. The summed E-state index contributed by atoms with van der Waals surface area (Å²) in [6.45, 7) is 4.05. The molecule has 1 rings (SSSR count). The lowest BCUT2D eigenvalue weighted by atomic mass is 10.1. The van der Waals surface area contributed by atoms with E-state index in [2.05, 4.69) is 0 Å². The Morgan fingerprint density at radius 1 is 1.38 bits per heavy atom. The van der Waals surface area contributed by atoms with Gasteiger partial charge in [-0.2, -0.15) is 0 Å². The Morgan fingerprint density at radius 2 is 1.94 bits per heavy atom. The predicted molar refractivity (Wildman–Crippen MR) is 67.5 cm³/mol. The summed E-state index contributed by atoms with van der Waals surface area (Å²) in [5, 5.41) is 0. The van der Waals surface area contributed by atoms with Crippen molar-refractivity contribution in [3.8, 4) is 0 Å². The fourth-order valence-electron chi connectivity index (χ4n) is 1.58. The molecule has 1 amide bonds. The van der Waals surface area contributed by atoms with Crippen LogP contribution in [0, 0.1) is 6.92 Å². The Morgan fingerprint density at radius 3 is 2.44 bits per heavy atom. The maximum Gasteiger partial charge on any atom is 0.243 e. The zero-order chi connectivity index (χ0) is 12.1. The molecule has 3 heteroatoms. The van der Waals surface area contributed by atoms with E-state index in [1.54, 1.807) is 11.9 Å². The maximum absolute atomic E-state index is 11.9. The molecule has 2 N–H and O–H groups in total. The van der Waals surface area contributed by atoms with Crippen LogP contribution in [0.15, 0.2) is 24.3 Å². The van der Waals surface area contributed by atoms with Gasteiger partial charge >= 0.3 is 0 Å². The van der Waals surface area contributed by atoms with Crippen molar-refractivity contribution in [2.75, 3.05) is 11.9 Å². The van der Waals surface area contributed by atoms with Crippen molar-refractivity contribution in [1.29, 1.82) is 0 Å². The number of nitrogens with two attached hydrogens (primary N) is 1. The third kappa shape index (κ3) is 3.07. The SMILES string of the molecule is CCCC(N)C(=O)N(C)c1ccc(C)cc1. The first-order valence-corrected chi connectivity index (χ1v) is 5.66. The molecule has 1 aromatic rings. The number of hydrogen-bond acceptors (Lipinski definition) is 2. The van der Waals surface area contributed by atoms with Gasteiger partial charge in [-0.1, -0.05) is 31.0 Å². The van der Waals surface area contributed by atoms with Crippen molar-refractivity contribution in [3.05, 3.63) is 29.8 Å². The summed E-state index contributed by atoms with van der Waals surface area (Å²) in [4.78, 5) is 13.5. The first-order valence-electron chi connectivity index (χ1n) is 5.66. The normalized spacial score (nSPS) is 12.2. The molecule has 0 saturated carbocycles. The molecule has 0 spiro atoms. The Labute approximate surface area is 97.2 Å². The molecule has 0 aromatic heterocycles. The largest absolute Gasteiger partial charge is 0.320 e. The molecule has 88 valence electrons. The maximum atomic E-state index is 11.9. The second-order valence-electron chi connectivity index (χ2n) is 4.13. The Balaban J connectivity index is 2.73. The third-order valence-electron chi connectivity index (χ3n) is 2.67. The number of aryl methyl sites for hydroxylation is 1. The summed E-state index contributed by atoms with van der Waals surface area (Å²) < 4.78 is 0. The Bertz CT molecular complexity index is 345. The van der Waals surface area contributed by atoms with E-state index in [1.165, 1.54) is 5.56 Å². The van der Waals surface area contributed by atoms with E-state index in [0.29, 0.717) is 0 Å². The quantitative estimate of drug-likeness (QED) is 0.844. The van der Waals surface area contributed by atoms with Gasteiger partial charge in [0.1, 0.15) is 0 Å². The van der Waals surface area contributed by atoms with Crippen molar-refractivity contribution in [2.45, 2.75) is 32.7 Å². The summed E-state index contributed by atoms with van der Waals surface area (Å²) in [6.07, 6.45) is 1.66. The van der Waals surface area contributed by atoms with Crippen LogP contribution >= 0.6 is 0 Å². The minimum atomic E-state index is -0.392. The zero-order valence-corrected chi connectivity index (χ0v) is 10.2. The average molecular weight is 220 g/mol. The second kappa shape index (κ2) is 5.66. The first kappa shape index (κ1) is 12.7. The topological polar surface area (TPSA) is 46.3 Å². The van der Waals surface area contributed by atoms with Gasteiger partial charge in [0.25, 0.3) is 0 Å². The van der Waals surface area contributed by atoms with Gasteiger partial charge in [0, 0.05) is 12.7 Å². The van der Waals surface area contributed by atoms with Crippen LogP contribution in [-0.2, 0) is 4.79 Å². The van der Waals surface area contributed by atoms with Crippen molar-refractivity contribution in [2.24, 2.45) is 5.73 Å². The highest BCUT2D eigenvalue weighted by molar-refractivity contribution is 5.96. The molecule has 0 fully saturated rings. The lowest BCUT2D eigenvalue weighted by molar-refractivity contribution is -0.119. The Hall–Kier alpha value is -1.35. The van der Waals surface area contributed by atoms with Gasteiger partial charge < -0.3 is 10.6 Å². The van der Waals surface area contributed by atoms with Gasteiger partial charge in [-0.05, 0) is 25.5 Å². The standard InChI is InChI=1S/C13H20N2O/c1-4-5-12(14)13(16)15(3)11-8-6-10(2)7-9-11/h6-9,12H,4-5,14H2,1-3H3. The van der Waals surface area contributed by atoms with Gasteiger partial charge in [-0.3, -0.25) is 4.79 Å². The minimum absolute atomic E-state index is 0.0225. The molecule has 0 bridgehead atoms. The number of likely N-dealkylation sites (N-methyl/N-ethyl adjacent to an activating group) is 1. The zero-order valence-electron chi connectivity index (χ0n) is 10.2. The van der Waals surface area contributed by atoms with Crippen molar-refractivity contribution >= 4 is 11.6 Å². The number of rotatable bonds is 4. The van der Waals surface area contributed by atoms with Crippen molar-refractivity contribution in [1.82, 2.24) is 0 Å². The summed E-state index contributed by atoms with van der Waals surface area (Å²) in [5.41, 5.74) is 7.88. The summed E-state index contributed by atoms with van der Waals surface area (Å²) in [6, 6.07) is 7.46. The summed E-state index contributed by atoms with van der Waals surface area (Å²) in [7, 11) is 1.77. The smallest absolute Gasteiger partial charge is 0.243 e. The van der Waals surface area contributed by atoms with E-state index in [-0.39, 0.29) is 5.91 Å². The molecule has 0 aliphatic rings. The van der Waals surface area contributed by atoms with E-state index in [4.69, 9.17) is 5.73 Å². The molecule has 16 heavy (non-hydrogen) atoms. The van der Waals surface area contributed by atoms with Gasteiger partial charge in [-0.25, -0.2) is 0 Å². The number of carbonyl (C=O) groups is 1. The van der Waals surface area contributed by atoms with E-state index >= 15 is 0 Å². The van der Waals surface area contributed by atoms with Gasteiger partial charge in [-0.15, -0.1) is 0 Å². The highest BCUT2D eigenvalue weighted by Crippen LogP contribution is 2.14. The van der Waals surface area contributed by atoms with Crippen LogP contribution in [0.25, 0.3) is 0 Å². The fourth-order valence-corrected chi connectivity index (χ4v) is 1.58. The van der Waals surface area contributed by atoms with Crippen LogP contribution in [0.1, 0.15) is 25.3 Å². The molecule has 0 heterocycles. The van der Waals surface area contributed by atoms with Crippen molar-refractivity contribution < 1.29 is 4.79 Å².